The van der Waals surface area contributed by atoms with E-state index in [1.807, 2.05) is 30.3 Å². The van der Waals surface area contributed by atoms with Crippen LogP contribution in [0.5, 0.6) is 11.5 Å². The number of aromatic nitrogens is 2. The lowest BCUT2D eigenvalue weighted by Gasteiger charge is -2.35. The van der Waals surface area contributed by atoms with E-state index in [1.54, 1.807) is 29.3 Å². The van der Waals surface area contributed by atoms with Crippen LogP contribution in [-0.2, 0) is 22.6 Å². The van der Waals surface area contributed by atoms with Crippen LogP contribution in [0.2, 0.25) is 0 Å². The minimum absolute atomic E-state index is 0.0432. The molecule has 0 spiro atoms. The van der Waals surface area contributed by atoms with Gasteiger partial charge in [0.25, 0.3) is 5.91 Å². The number of hydrogen-bond acceptors (Lipinski definition) is 6. The van der Waals surface area contributed by atoms with Gasteiger partial charge >= 0.3 is 0 Å². The van der Waals surface area contributed by atoms with Crippen LogP contribution < -0.4 is 20.1 Å². The number of carbonyl (C=O) groups is 3. The van der Waals surface area contributed by atoms with E-state index in [4.69, 9.17) is 9.47 Å². The van der Waals surface area contributed by atoms with Crippen molar-refractivity contribution >= 4 is 23.4 Å². The number of benzene rings is 2. The SMILES string of the molecule is O=C(Nc1cnn(CC(=O)N2CCNC(=O)[C@@H]2Cc2ccccc2)c1)c1ccc2c(c1)OCO2. The third kappa shape index (κ3) is 4.56. The van der Waals surface area contributed by atoms with Crippen molar-refractivity contribution in [1.82, 2.24) is 20.0 Å². The first-order chi connectivity index (χ1) is 16.6. The molecule has 2 aliphatic rings. The zero-order valence-electron chi connectivity index (χ0n) is 18.3. The summed E-state index contributed by atoms with van der Waals surface area (Å²) in [7, 11) is 0. The molecule has 2 N–H and O–H groups in total. The van der Waals surface area contributed by atoms with Crippen LogP contribution in [0, 0.1) is 0 Å². The minimum atomic E-state index is -0.579. The zero-order valence-corrected chi connectivity index (χ0v) is 18.3. The van der Waals surface area contributed by atoms with Crippen LogP contribution >= 0.6 is 0 Å². The standard InChI is InChI=1S/C24H23N5O5/c30-22(29-9-8-25-24(32)19(29)10-16-4-2-1-3-5-16)14-28-13-18(12-26-28)27-23(31)17-6-7-20-21(11-17)34-15-33-20/h1-7,11-13,19H,8-10,14-15H2,(H,25,32)(H,27,31)/t19-/m0/s1. The van der Waals surface area contributed by atoms with Crippen molar-refractivity contribution in [2.75, 3.05) is 25.2 Å². The summed E-state index contributed by atoms with van der Waals surface area (Å²) >= 11 is 0. The number of amides is 3. The Balaban J connectivity index is 1.23. The highest BCUT2D eigenvalue weighted by atomic mass is 16.7. The highest BCUT2D eigenvalue weighted by Crippen LogP contribution is 2.32. The van der Waals surface area contributed by atoms with Gasteiger partial charge in [0.2, 0.25) is 18.6 Å². The van der Waals surface area contributed by atoms with Crippen molar-refractivity contribution in [3.05, 3.63) is 72.1 Å². The summed E-state index contributed by atoms with van der Waals surface area (Å²) in [5.74, 6) is 0.400. The number of nitrogens with one attached hydrogen (secondary N) is 2. The lowest BCUT2D eigenvalue weighted by molar-refractivity contribution is -0.143. The highest BCUT2D eigenvalue weighted by Gasteiger charge is 2.33. The minimum Gasteiger partial charge on any atom is -0.454 e. The second-order valence-corrected chi connectivity index (χ2v) is 8.03. The van der Waals surface area contributed by atoms with Crippen LogP contribution in [0.4, 0.5) is 5.69 Å². The van der Waals surface area contributed by atoms with Gasteiger partial charge in [-0.2, -0.15) is 5.10 Å². The molecule has 3 heterocycles. The highest BCUT2D eigenvalue weighted by molar-refractivity contribution is 6.04. The molecule has 2 aliphatic heterocycles. The average Bonchev–Trinajstić information content (AvgIpc) is 3.49. The third-order valence-corrected chi connectivity index (χ3v) is 5.75. The summed E-state index contributed by atoms with van der Waals surface area (Å²) in [5, 5.41) is 9.79. The molecule has 1 fully saturated rings. The molecule has 1 aromatic heterocycles. The summed E-state index contributed by atoms with van der Waals surface area (Å²) in [6.07, 6.45) is 3.50. The van der Waals surface area contributed by atoms with E-state index in [1.165, 1.54) is 10.9 Å². The molecule has 10 nitrogen and oxygen atoms in total. The number of hydrogen-bond donors (Lipinski definition) is 2. The molecule has 1 saturated heterocycles. The molecule has 3 amide bonds. The predicted octanol–water partition coefficient (Wildman–Crippen LogP) is 1.43. The molecule has 0 radical (unpaired) electrons. The van der Waals surface area contributed by atoms with Crippen molar-refractivity contribution < 1.29 is 23.9 Å². The van der Waals surface area contributed by atoms with Crippen molar-refractivity contribution in [3.63, 3.8) is 0 Å². The van der Waals surface area contributed by atoms with Crippen molar-refractivity contribution in [3.8, 4) is 11.5 Å². The third-order valence-electron chi connectivity index (χ3n) is 5.75. The Morgan fingerprint density at radius 1 is 1.12 bits per heavy atom. The molecule has 10 heteroatoms. The topological polar surface area (TPSA) is 115 Å². The van der Waals surface area contributed by atoms with E-state index in [0.717, 1.165) is 5.56 Å². The van der Waals surface area contributed by atoms with Crippen molar-refractivity contribution in [1.29, 1.82) is 0 Å². The second-order valence-electron chi connectivity index (χ2n) is 8.03. The van der Waals surface area contributed by atoms with Gasteiger partial charge in [-0.25, -0.2) is 0 Å². The Kier molecular flexibility index (Phi) is 5.86. The largest absolute Gasteiger partial charge is 0.454 e. The average molecular weight is 461 g/mol. The zero-order chi connectivity index (χ0) is 23.5. The molecule has 174 valence electrons. The van der Waals surface area contributed by atoms with Gasteiger partial charge in [0.05, 0.1) is 11.9 Å². The van der Waals surface area contributed by atoms with Crippen LogP contribution in [0.3, 0.4) is 0 Å². The number of anilines is 1. The molecule has 2 aromatic carbocycles. The van der Waals surface area contributed by atoms with E-state index < -0.39 is 6.04 Å². The Bertz CT molecular complexity index is 1230. The van der Waals surface area contributed by atoms with E-state index in [2.05, 4.69) is 15.7 Å². The number of nitrogens with zero attached hydrogens (tertiary/aromatic N) is 3. The molecule has 0 saturated carbocycles. The van der Waals surface area contributed by atoms with Crippen LogP contribution in [0.25, 0.3) is 0 Å². The summed E-state index contributed by atoms with van der Waals surface area (Å²) in [4.78, 5) is 39.7. The number of rotatable bonds is 6. The number of piperazine rings is 1. The first-order valence-corrected chi connectivity index (χ1v) is 10.9. The summed E-state index contributed by atoms with van der Waals surface area (Å²) in [6.45, 7) is 0.924. The maximum Gasteiger partial charge on any atom is 0.255 e. The lowest BCUT2D eigenvalue weighted by Crippen LogP contribution is -2.58. The Morgan fingerprint density at radius 2 is 1.94 bits per heavy atom. The predicted molar refractivity (Wildman–Crippen MR) is 121 cm³/mol. The quantitative estimate of drug-likeness (QED) is 0.574. The Hall–Kier alpha value is -4.34. The maximum atomic E-state index is 13.0. The first-order valence-electron chi connectivity index (χ1n) is 10.9. The van der Waals surface area contributed by atoms with Gasteiger partial charge in [-0.15, -0.1) is 0 Å². The van der Waals surface area contributed by atoms with E-state index in [9.17, 15) is 14.4 Å². The fourth-order valence-corrected chi connectivity index (χ4v) is 4.04. The maximum absolute atomic E-state index is 13.0. The van der Waals surface area contributed by atoms with Crippen molar-refractivity contribution in [2.24, 2.45) is 0 Å². The fraction of sp³-hybridized carbons (Fsp3) is 0.250. The summed E-state index contributed by atoms with van der Waals surface area (Å²) < 4.78 is 12.0. The molecule has 5 rings (SSSR count). The summed E-state index contributed by atoms with van der Waals surface area (Å²) in [5.41, 5.74) is 1.85. The lowest BCUT2D eigenvalue weighted by atomic mass is 10.0. The van der Waals surface area contributed by atoms with Crippen LogP contribution in [-0.4, -0.2) is 58.3 Å². The molecular formula is C24H23N5O5. The van der Waals surface area contributed by atoms with Gasteiger partial charge in [0, 0.05) is 31.3 Å². The Morgan fingerprint density at radius 3 is 2.79 bits per heavy atom. The number of ether oxygens (including phenoxy) is 2. The molecule has 0 aliphatic carbocycles. The molecule has 3 aromatic rings. The van der Waals surface area contributed by atoms with Gasteiger partial charge in [-0.3, -0.25) is 19.1 Å². The normalized spacial score (nSPS) is 16.8. The van der Waals surface area contributed by atoms with Gasteiger partial charge in [0.15, 0.2) is 11.5 Å². The number of fused-ring (bicyclic) bond motifs is 1. The first kappa shape index (κ1) is 21.5. The fourth-order valence-electron chi connectivity index (χ4n) is 4.04. The van der Waals surface area contributed by atoms with E-state index in [0.29, 0.717) is 42.3 Å². The monoisotopic (exact) mass is 461 g/mol. The van der Waals surface area contributed by atoms with Crippen LogP contribution in [0.15, 0.2) is 60.9 Å². The van der Waals surface area contributed by atoms with Gasteiger partial charge in [-0.05, 0) is 23.8 Å². The smallest absolute Gasteiger partial charge is 0.255 e. The summed E-state index contributed by atoms with van der Waals surface area (Å²) in [6, 6.07) is 14.0. The van der Waals surface area contributed by atoms with Gasteiger partial charge < -0.3 is 25.0 Å². The molecule has 0 unspecified atom stereocenters. The molecular weight excluding hydrogens is 438 g/mol. The van der Waals surface area contributed by atoms with E-state index in [-0.39, 0.29) is 31.1 Å². The van der Waals surface area contributed by atoms with Crippen molar-refractivity contribution in [2.45, 2.75) is 19.0 Å². The van der Waals surface area contributed by atoms with Crippen LogP contribution in [0.1, 0.15) is 15.9 Å². The second kappa shape index (κ2) is 9.26. The Labute approximate surface area is 195 Å². The molecule has 1 atom stereocenters. The molecule has 34 heavy (non-hydrogen) atoms. The van der Waals surface area contributed by atoms with Gasteiger partial charge in [-0.1, -0.05) is 30.3 Å². The molecule has 0 bridgehead atoms. The van der Waals surface area contributed by atoms with E-state index >= 15 is 0 Å². The number of carbonyl (C=O) groups excluding carboxylic acids is 3. The van der Waals surface area contributed by atoms with Gasteiger partial charge in [0.1, 0.15) is 12.6 Å².